The number of unbranched alkanes of at least 4 members (excludes halogenated alkanes) is 2. The van der Waals surface area contributed by atoms with Crippen LogP contribution in [0.4, 0.5) is 5.69 Å². The Bertz CT molecular complexity index is 1000. The van der Waals surface area contributed by atoms with Crippen LogP contribution in [0.1, 0.15) is 41.6 Å². The van der Waals surface area contributed by atoms with E-state index in [1.807, 2.05) is 25.4 Å². The second-order valence-electron chi connectivity index (χ2n) is 8.18. The molecule has 1 aliphatic rings. The van der Waals surface area contributed by atoms with Crippen molar-refractivity contribution in [3.05, 3.63) is 53.7 Å². The summed E-state index contributed by atoms with van der Waals surface area (Å²) in [5.74, 6) is 1.95. The van der Waals surface area contributed by atoms with Crippen LogP contribution in [0.25, 0.3) is 5.57 Å². The van der Waals surface area contributed by atoms with E-state index in [9.17, 15) is 4.79 Å². The molecular formula is C27H34N2O5. The van der Waals surface area contributed by atoms with Crippen LogP contribution < -0.4 is 14.2 Å². The number of carbonyl (C=O) groups is 1. The van der Waals surface area contributed by atoms with Gasteiger partial charge in [0.2, 0.25) is 0 Å². The zero-order chi connectivity index (χ0) is 24.3. The molecule has 0 spiro atoms. The van der Waals surface area contributed by atoms with Gasteiger partial charge < -0.3 is 23.8 Å². The maximum atomic E-state index is 11.7. The number of rotatable bonds is 13. The van der Waals surface area contributed by atoms with Gasteiger partial charge in [-0.15, -0.1) is 0 Å². The van der Waals surface area contributed by atoms with Crippen LogP contribution >= 0.6 is 0 Å². The van der Waals surface area contributed by atoms with Gasteiger partial charge in [0, 0.05) is 44.8 Å². The highest BCUT2D eigenvalue weighted by molar-refractivity contribution is 5.87. The number of aliphatic imine (C=N–C) groups is 1. The number of hydrogen-bond acceptors (Lipinski definition) is 7. The third-order valence-corrected chi connectivity index (χ3v) is 5.85. The standard InChI is InChI=1S/C27H34N2O5/c1-29-18-21(20-8-10-24(32-3)11-9-20)14-23(29)17-28-25-16-27(26(33-4)15-22(25)19-30)34-13-7-5-6-12-31-2/h8-11,15-19,23H,5-7,12-14H2,1-4H3. The first kappa shape index (κ1) is 25.3. The van der Waals surface area contributed by atoms with Crippen LogP contribution in [-0.2, 0) is 4.74 Å². The summed E-state index contributed by atoms with van der Waals surface area (Å²) in [6.07, 6.45) is 8.56. The van der Waals surface area contributed by atoms with Crippen molar-refractivity contribution in [2.24, 2.45) is 4.99 Å². The van der Waals surface area contributed by atoms with Gasteiger partial charge in [0.25, 0.3) is 0 Å². The van der Waals surface area contributed by atoms with Crippen molar-refractivity contribution in [3.8, 4) is 17.2 Å². The Morgan fingerprint density at radius 1 is 1.00 bits per heavy atom. The van der Waals surface area contributed by atoms with E-state index in [0.29, 0.717) is 29.4 Å². The third-order valence-electron chi connectivity index (χ3n) is 5.85. The number of nitrogens with zero attached hydrogens (tertiary/aromatic N) is 2. The molecule has 0 radical (unpaired) electrons. The molecule has 0 aromatic heterocycles. The molecule has 2 aromatic rings. The predicted octanol–water partition coefficient (Wildman–Crippen LogP) is 5.16. The van der Waals surface area contributed by atoms with Crippen molar-refractivity contribution in [2.45, 2.75) is 31.7 Å². The summed E-state index contributed by atoms with van der Waals surface area (Å²) >= 11 is 0. The van der Waals surface area contributed by atoms with Gasteiger partial charge in [0.1, 0.15) is 5.75 Å². The van der Waals surface area contributed by atoms with E-state index in [-0.39, 0.29) is 6.04 Å². The molecule has 3 rings (SSSR count). The molecule has 0 fully saturated rings. The molecule has 1 atom stereocenters. The third kappa shape index (κ3) is 6.60. The smallest absolute Gasteiger partial charge is 0.163 e. The molecule has 34 heavy (non-hydrogen) atoms. The summed E-state index contributed by atoms with van der Waals surface area (Å²) in [4.78, 5) is 18.5. The molecule has 1 aliphatic heterocycles. The van der Waals surface area contributed by atoms with Gasteiger partial charge in [-0.1, -0.05) is 12.1 Å². The van der Waals surface area contributed by atoms with Crippen LogP contribution in [0.3, 0.4) is 0 Å². The first-order valence-corrected chi connectivity index (χ1v) is 11.5. The van der Waals surface area contributed by atoms with Crippen molar-refractivity contribution in [1.82, 2.24) is 4.90 Å². The van der Waals surface area contributed by atoms with Gasteiger partial charge in [0.05, 0.1) is 32.6 Å². The van der Waals surface area contributed by atoms with E-state index in [4.69, 9.17) is 18.9 Å². The van der Waals surface area contributed by atoms with Crippen molar-refractivity contribution in [3.63, 3.8) is 0 Å². The van der Waals surface area contributed by atoms with Crippen molar-refractivity contribution < 1.29 is 23.7 Å². The minimum Gasteiger partial charge on any atom is -0.497 e. The largest absolute Gasteiger partial charge is 0.497 e. The molecule has 0 N–H and O–H groups in total. The van der Waals surface area contributed by atoms with Crippen LogP contribution in [0.15, 0.2) is 47.6 Å². The normalized spacial score (nSPS) is 15.5. The van der Waals surface area contributed by atoms with E-state index < -0.39 is 0 Å². The molecule has 0 aliphatic carbocycles. The monoisotopic (exact) mass is 466 g/mol. The summed E-state index contributed by atoms with van der Waals surface area (Å²) in [7, 11) is 6.96. The molecule has 0 bridgehead atoms. The van der Waals surface area contributed by atoms with Gasteiger partial charge >= 0.3 is 0 Å². The molecule has 1 unspecified atom stereocenters. The zero-order valence-electron chi connectivity index (χ0n) is 20.5. The van der Waals surface area contributed by atoms with Crippen molar-refractivity contribution >= 4 is 23.8 Å². The lowest BCUT2D eigenvalue weighted by molar-refractivity contribution is 0.112. The summed E-state index contributed by atoms with van der Waals surface area (Å²) in [6.45, 7) is 1.31. The number of ether oxygens (including phenoxy) is 4. The zero-order valence-corrected chi connectivity index (χ0v) is 20.5. The summed E-state index contributed by atoms with van der Waals surface area (Å²) in [5.41, 5.74) is 3.41. The van der Waals surface area contributed by atoms with E-state index in [2.05, 4.69) is 28.2 Å². The molecular weight excluding hydrogens is 432 g/mol. The highest BCUT2D eigenvalue weighted by Crippen LogP contribution is 2.35. The van der Waals surface area contributed by atoms with Crippen molar-refractivity contribution in [2.75, 3.05) is 41.6 Å². The molecule has 7 heteroatoms. The van der Waals surface area contributed by atoms with Gasteiger partial charge in [-0.2, -0.15) is 0 Å². The summed E-state index contributed by atoms with van der Waals surface area (Å²) in [5, 5.41) is 0. The predicted molar refractivity (Wildman–Crippen MR) is 135 cm³/mol. The molecule has 0 amide bonds. The number of methoxy groups -OCH3 is 3. The summed E-state index contributed by atoms with van der Waals surface area (Å²) in [6, 6.07) is 11.6. The second-order valence-corrected chi connectivity index (χ2v) is 8.18. The molecule has 1 heterocycles. The van der Waals surface area contributed by atoms with Crippen LogP contribution in [0.2, 0.25) is 0 Å². The number of hydrogen-bond donors (Lipinski definition) is 0. The van der Waals surface area contributed by atoms with Crippen molar-refractivity contribution in [1.29, 1.82) is 0 Å². The lowest BCUT2D eigenvalue weighted by Gasteiger charge is -2.16. The SMILES string of the molecule is COCCCCCOc1cc(N=CC2CC(c3ccc(OC)cc3)=CN2C)c(C=O)cc1OC. The molecule has 0 saturated heterocycles. The lowest BCUT2D eigenvalue weighted by atomic mass is 10.0. The quantitative estimate of drug-likeness (QED) is 0.231. The fourth-order valence-corrected chi connectivity index (χ4v) is 3.84. The summed E-state index contributed by atoms with van der Waals surface area (Å²) < 4.78 is 21.7. The van der Waals surface area contributed by atoms with E-state index in [1.54, 1.807) is 33.5 Å². The van der Waals surface area contributed by atoms with Crippen LogP contribution in [-0.4, -0.2) is 65.0 Å². The Hall–Kier alpha value is -3.32. The Balaban J connectivity index is 1.69. The number of aldehydes is 1. The average molecular weight is 467 g/mol. The van der Waals surface area contributed by atoms with Gasteiger partial charge in [-0.25, -0.2) is 0 Å². The van der Waals surface area contributed by atoms with Gasteiger partial charge in [0.15, 0.2) is 17.8 Å². The molecule has 0 saturated carbocycles. The average Bonchev–Trinajstić information content (AvgIpc) is 3.25. The minimum atomic E-state index is 0.0869. The molecule has 182 valence electrons. The maximum Gasteiger partial charge on any atom is 0.163 e. The lowest BCUT2D eigenvalue weighted by Crippen LogP contribution is -2.23. The van der Waals surface area contributed by atoms with Gasteiger partial charge in [-0.05, 0) is 55.0 Å². The van der Waals surface area contributed by atoms with E-state index >= 15 is 0 Å². The maximum absolute atomic E-state index is 11.7. The second kappa shape index (κ2) is 12.8. The Morgan fingerprint density at radius 3 is 2.44 bits per heavy atom. The van der Waals surface area contributed by atoms with E-state index in [1.165, 1.54) is 5.57 Å². The van der Waals surface area contributed by atoms with Crippen LogP contribution in [0, 0.1) is 0 Å². The fraction of sp³-hybridized carbons (Fsp3) is 0.407. The highest BCUT2D eigenvalue weighted by Gasteiger charge is 2.21. The number of carbonyl (C=O) groups excluding carboxylic acids is 1. The highest BCUT2D eigenvalue weighted by atomic mass is 16.5. The topological polar surface area (TPSA) is 69.6 Å². The first-order chi connectivity index (χ1) is 16.6. The Morgan fingerprint density at radius 2 is 1.76 bits per heavy atom. The van der Waals surface area contributed by atoms with E-state index in [0.717, 1.165) is 49.9 Å². The Labute approximate surface area is 202 Å². The van der Waals surface area contributed by atoms with Gasteiger partial charge in [-0.3, -0.25) is 9.79 Å². The van der Waals surface area contributed by atoms with Crippen LogP contribution in [0.5, 0.6) is 17.2 Å². The first-order valence-electron chi connectivity index (χ1n) is 11.5. The Kier molecular flexibility index (Phi) is 9.52. The minimum absolute atomic E-state index is 0.0869. The fourth-order valence-electron chi connectivity index (χ4n) is 3.84. The number of benzene rings is 2. The molecule has 2 aromatic carbocycles. The molecule has 7 nitrogen and oxygen atoms in total.